The first kappa shape index (κ1) is 20.2. The number of halogens is 2. The highest BCUT2D eigenvalue weighted by atomic mass is 19.3. The van der Waals surface area contributed by atoms with Gasteiger partial charge in [-0.3, -0.25) is 4.79 Å². The molecule has 0 aliphatic rings. The Balaban J connectivity index is 2.08. The molecule has 29 heavy (non-hydrogen) atoms. The van der Waals surface area contributed by atoms with Crippen LogP contribution in [0.25, 0.3) is 11.4 Å². The van der Waals surface area contributed by atoms with Crippen molar-refractivity contribution in [1.29, 1.82) is 0 Å². The number of aromatic nitrogens is 5. The summed E-state index contributed by atoms with van der Waals surface area (Å²) in [7, 11) is 0. The average molecular weight is 399 g/mol. The summed E-state index contributed by atoms with van der Waals surface area (Å²) in [5.74, 6) is -3.21. The monoisotopic (exact) mass is 399 g/mol. The van der Waals surface area contributed by atoms with Gasteiger partial charge in [-0.05, 0) is 12.5 Å². The van der Waals surface area contributed by atoms with Crippen LogP contribution in [0, 0.1) is 0 Å². The Labute approximate surface area is 165 Å². The molecular weight excluding hydrogens is 380 g/mol. The van der Waals surface area contributed by atoms with E-state index in [-0.39, 0.29) is 17.5 Å². The minimum absolute atomic E-state index is 0.186. The Morgan fingerprint density at radius 1 is 1.10 bits per heavy atom. The van der Waals surface area contributed by atoms with Gasteiger partial charge in [0.25, 0.3) is 0 Å². The normalized spacial score (nSPS) is 11.2. The van der Waals surface area contributed by atoms with Gasteiger partial charge in [-0.15, -0.1) is 0 Å². The highest BCUT2D eigenvalue weighted by Gasteiger charge is 2.29. The number of anilines is 3. The average Bonchev–Trinajstić information content (AvgIpc) is 2.67. The lowest BCUT2D eigenvalue weighted by atomic mass is 10.2. The van der Waals surface area contributed by atoms with Gasteiger partial charge in [0.15, 0.2) is 5.82 Å². The Morgan fingerprint density at radius 2 is 1.83 bits per heavy atom. The van der Waals surface area contributed by atoms with Crippen molar-refractivity contribution in [3.63, 3.8) is 0 Å². The van der Waals surface area contributed by atoms with Crippen LogP contribution in [0.5, 0.6) is 0 Å². The molecule has 10 heteroatoms. The van der Waals surface area contributed by atoms with Crippen LogP contribution in [0.2, 0.25) is 0 Å². The molecule has 0 unspecified atom stereocenters. The Bertz CT molecular complexity index is 1020. The van der Waals surface area contributed by atoms with Crippen LogP contribution in [-0.4, -0.2) is 30.8 Å². The maximum absolute atomic E-state index is 13.8. The molecule has 3 aromatic rings. The van der Waals surface area contributed by atoms with Crippen LogP contribution in [0.4, 0.5) is 26.1 Å². The van der Waals surface area contributed by atoms with E-state index in [1.807, 2.05) is 6.92 Å². The number of pyridine rings is 1. The summed E-state index contributed by atoms with van der Waals surface area (Å²) in [5, 5.41) is 5.60. The molecule has 3 aromatic heterocycles. The summed E-state index contributed by atoms with van der Waals surface area (Å²) in [4.78, 5) is 31.8. The highest BCUT2D eigenvalue weighted by molar-refractivity contribution is 5.89. The summed E-state index contributed by atoms with van der Waals surface area (Å²) < 4.78 is 27.6. The van der Waals surface area contributed by atoms with Crippen LogP contribution >= 0.6 is 0 Å². The number of hydrogen-bond acceptors (Lipinski definition) is 7. The number of carbonyl (C=O) groups excluding carboxylic acids is 1. The van der Waals surface area contributed by atoms with Crippen molar-refractivity contribution >= 4 is 23.2 Å². The second-order valence-corrected chi connectivity index (χ2v) is 6.30. The summed E-state index contributed by atoms with van der Waals surface area (Å²) >= 11 is 0. The van der Waals surface area contributed by atoms with E-state index in [4.69, 9.17) is 0 Å². The van der Waals surface area contributed by atoms with Crippen molar-refractivity contribution in [3.8, 4) is 11.4 Å². The van der Waals surface area contributed by atoms with Crippen LogP contribution in [0.3, 0.4) is 0 Å². The first-order valence-corrected chi connectivity index (χ1v) is 8.84. The number of aryl methyl sites for hydroxylation is 1. The van der Waals surface area contributed by atoms with E-state index in [1.165, 1.54) is 13.1 Å². The van der Waals surface area contributed by atoms with E-state index < -0.39 is 11.7 Å². The third kappa shape index (κ3) is 5.03. The molecule has 3 heterocycles. The molecule has 1 amide bonds. The first-order valence-electron chi connectivity index (χ1n) is 8.84. The van der Waals surface area contributed by atoms with Gasteiger partial charge in [0.1, 0.15) is 11.6 Å². The van der Waals surface area contributed by atoms with Gasteiger partial charge in [0, 0.05) is 50.3 Å². The number of nitrogens with one attached hydrogen (secondary N) is 2. The van der Waals surface area contributed by atoms with E-state index in [0.29, 0.717) is 29.2 Å². The fraction of sp³-hybridized carbons (Fsp3) is 0.263. The van der Waals surface area contributed by atoms with E-state index in [0.717, 1.165) is 6.92 Å². The van der Waals surface area contributed by atoms with E-state index in [1.54, 1.807) is 30.6 Å². The molecule has 0 atom stereocenters. The topological polar surface area (TPSA) is 106 Å². The fourth-order valence-electron chi connectivity index (χ4n) is 2.50. The van der Waals surface area contributed by atoms with Gasteiger partial charge in [-0.25, -0.2) is 24.9 Å². The van der Waals surface area contributed by atoms with Crippen molar-refractivity contribution in [2.45, 2.75) is 33.1 Å². The zero-order valence-corrected chi connectivity index (χ0v) is 16.1. The molecule has 0 bridgehead atoms. The van der Waals surface area contributed by atoms with Crippen LogP contribution in [0.15, 0.2) is 36.8 Å². The second kappa shape index (κ2) is 8.21. The minimum Gasteiger partial charge on any atom is -0.339 e. The zero-order valence-electron chi connectivity index (χ0n) is 16.1. The standard InChI is InChI=1S/C19H19F2N7O/c1-4-12-8-16(28-18(26-12)19(3,20)21)27-14-9-15(25-11(2)29)24-10-13(14)17-22-6-5-7-23-17/h5-10H,4H2,1-3H3,(H2,24,25,26,27,28,29). The third-order valence-electron chi connectivity index (χ3n) is 3.81. The molecule has 0 saturated carbocycles. The molecule has 0 spiro atoms. The number of amides is 1. The summed E-state index contributed by atoms with van der Waals surface area (Å²) in [6.07, 6.45) is 5.09. The highest BCUT2D eigenvalue weighted by Crippen LogP contribution is 2.31. The number of nitrogens with zero attached hydrogens (tertiary/aromatic N) is 5. The third-order valence-corrected chi connectivity index (χ3v) is 3.81. The second-order valence-electron chi connectivity index (χ2n) is 6.30. The fourth-order valence-corrected chi connectivity index (χ4v) is 2.50. The lowest BCUT2D eigenvalue weighted by Gasteiger charge is -2.15. The van der Waals surface area contributed by atoms with Crippen LogP contribution < -0.4 is 10.6 Å². The van der Waals surface area contributed by atoms with E-state index in [9.17, 15) is 13.6 Å². The van der Waals surface area contributed by atoms with Crippen LogP contribution in [-0.2, 0) is 17.1 Å². The van der Waals surface area contributed by atoms with Gasteiger partial charge in [-0.1, -0.05) is 6.92 Å². The summed E-state index contributed by atoms with van der Waals surface area (Å²) in [5.41, 5.74) is 1.43. The number of alkyl halides is 2. The Kier molecular flexibility index (Phi) is 5.71. The number of rotatable bonds is 6. The van der Waals surface area contributed by atoms with Gasteiger partial charge in [0.05, 0.1) is 11.3 Å². The molecule has 0 aliphatic carbocycles. The lowest BCUT2D eigenvalue weighted by Crippen LogP contribution is -2.15. The van der Waals surface area contributed by atoms with Gasteiger partial charge < -0.3 is 10.6 Å². The molecule has 3 rings (SSSR count). The molecule has 2 N–H and O–H groups in total. The smallest absolute Gasteiger partial charge is 0.303 e. The molecule has 0 aromatic carbocycles. The van der Waals surface area contributed by atoms with Crippen LogP contribution in [0.1, 0.15) is 32.3 Å². The Hall–Kier alpha value is -3.56. The molecular formula is C19H19F2N7O. The van der Waals surface area contributed by atoms with Gasteiger partial charge in [-0.2, -0.15) is 8.78 Å². The van der Waals surface area contributed by atoms with Crippen molar-refractivity contribution < 1.29 is 13.6 Å². The first-order chi connectivity index (χ1) is 13.8. The predicted octanol–water partition coefficient (Wildman–Crippen LogP) is 3.70. The largest absolute Gasteiger partial charge is 0.339 e. The van der Waals surface area contributed by atoms with Gasteiger partial charge >= 0.3 is 5.92 Å². The molecule has 0 radical (unpaired) electrons. The van der Waals surface area contributed by atoms with Crippen molar-refractivity contribution in [2.24, 2.45) is 0 Å². The SMILES string of the molecule is CCc1cc(Nc2cc(NC(C)=O)ncc2-c2ncccn2)nc(C(C)(F)F)n1. The zero-order chi connectivity index (χ0) is 21.0. The lowest BCUT2D eigenvalue weighted by molar-refractivity contribution is -0.114. The van der Waals surface area contributed by atoms with Crippen molar-refractivity contribution in [3.05, 3.63) is 48.3 Å². The van der Waals surface area contributed by atoms with Crippen molar-refractivity contribution in [2.75, 3.05) is 10.6 Å². The maximum Gasteiger partial charge on any atom is 0.303 e. The number of hydrogen-bond donors (Lipinski definition) is 2. The van der Waals surface area contributed by atoms with E-state index >= 15 is 0 Å². The maximum atomic E-state index is 13.8. The minimum atomic E-state index is -3.19. The summed E-state index contributed by atoms with van der Waals surface area (Å²) in [6.45, 7) is 3.92. The number of carbonyl (C=O) groups is 1. The molecule has 0 saturated heterocycles. The molecule has 0 fully saturated rings. The molecule has 150 valence electrons. The summed E-state index contributed by atoms with van der Waals surface area (Å²) in [6, 6.07) is 4.82. The molecule has 0 aliphatic heterocycles. The Morgan fingerprint density at radius 3 is 2.45 bits per heavy atom. The van der Waals surface area contributed by atoms with Crippen molar-refractivity contribution in [1.82, 2.24) is 24.9 Å². The van der Waals surface area contributed by atoms with E-state index in [2.05, 4.69) is 35.6 Å². The predicted molar refractivity (Wildman–Crippen MR) is 104 cm³/mol. The van der Waals surface area contributed by atoms with Gasteiger partial charge in [0.2, 0.25) is 11.7 Å². The molecule has 8 nitrogen and oxygen atoms in total. The quantitative estimate of drug-likeness (QED) is 0.651.